The van der Waals surface area contributed by atoms with Gasteiger partial charge in [0.1, 0.15) is 0 Å². The van der Waals surface area contributed by atoms with Crippen molar-refractivity contribution in [2.45, 2.75) is 12.5 Å². The minimum Gasteiger partial charge on any atom is -0.370 e. The highest BCUT2D eigenvalue weighted by Gasteiger charge is 2.12. The molecule has 1 heterocycles. The van der Waals surface area contributed by atoms with Crippen LogP contribution in [0.1, 0.15) is 18.0 Å². The third-order valence-electron chi connectivity index (χ3n) is 2.45. The van der Waals surface area contributed by atoms with Crippen LogP contribution in [0.25, 0.3) is 10.9 Å². The summed E-state index contributed by atoms with van der Waals surface area (Å²) in [5.41, 5.74) is 13.0. The number of nitrogens with two attached hydrogens (primary N) is 2. The molecule has 0 bridgehead atoms. The van der Waals surface area contributed by atoms with Gasteiger partial charge in [0.15, 0.2) is 0 Å². The lowest BCUT2D eigenvalue weighted by atomic mass is 10.0. The SMILES string of the molecule is NC(=O)CC(N)c1cccc2[nH]ccc12. The van der Waals surface area contributed by atoms with E-state index in [-0.39, 0.29) is 18.4 Å². The fraction of sp³-hybridized carbons (Fsp3) is 0.182. The van der Waals surface area contributed by atoms with Crippen LogP contribution in [-0.2, 0) is 4.79 Å². The summed E-state index contributed by atoms with van der Waals surface area (Å²) < 4.78 is 0. The lowest BCUT2D eigenvalue weighted by Gasteiger charge is -2.10. The summed E-state index contributed by atoms with van der Waals surface area (Å²) in [6, 6.07) is 7.42. The number of H-pyrrole nitrogens is 1. The Kier molecular flexibility index (Phi) is 2.43. The van der Waals surface area contributed by atoms with Crippen LogP contribution in [-0.4, -0.2) is 10.9 Å². The van der Waals surface area contributed by atoms with Crippen molar-refractivity contribution in [3.8, 4) is 0 Å². The molecule has 0 spiro atoms. The van der Waals surface area contributed by atoms with Crippen molar-refractivity contribution in [2.24, 2.45) is 11.5 Å². The Morgan fingerprint density at radius 1 is 1.40 bits per heavy atom. The van der Waals surface area contributed by atoms with E-state index in [2.05, 4.69) is 4.98 Å². The molecule has 2 aromatic rings. The number of amides is 1. The number of aromatic amines is 1. The predicted octanol–water partition coefficient (Wildman–Crippen LogP) is 1.04. The van der Waals surface area contributed by atoms with Crippen LogP contribution in [0.2, 0.25) is 0 Å². The van der Waals surface area contributed by atoms with E-state index in [4.69, 9.17) is 11.5 Å². The molecule has 4 nitrogen and oxygen atoms in total. The summed E-state index contributed by atoms with van der Waals surface area (Å²) >= 11 is 0. The first-order valence-corrected chi connectivity index (χ1v) is 4.78. The van der Waals surface area contributed by atoms with Crippen molar-refractivity contribution in [3.63, 3.8) is 0 Å². The van der Waals surface area contributed by atoms with Crippen molar-refractivity contribution >= 4 is 16.8 Å². The van der Waals surface area contributed by atoms with E-state index in [1.807, 2.05) is 30.5 Å². The molecule has 0 saturated carbocycles. The number of carbonyl (C=O) groups excluding carboxylic acids is 1. The molecule has 4 heteroatoms. The number of carbonyl (C=O) groups is 1. The molecule has 1 atom stereocenters. The third kappa shape index (κ3) is 1.85. The summed E-state index contributed by atoms with van der Waals surface area (Å²) in [7, 11) is 0. The van der Waals surface area contributed by atoms with Crippen molar-refractivity contribution in [1.82, 2.24) is 4.98 Å². The molecule has 78 valence electrons. The quantitative estimate of drug-likeness (QED) is 0.696. The maximum atomic E-state index is 10.8. The van der Waals surface area contributed by atoms with Crippen molar-refractivity contribution in [1.29, 1.82) is 0 Å². The van der Waals surface area contributed by atoms with Gasteiger partial charge >= 0.3 is 0 Å². The zero-order chi connectivity index (χ0) is 10.8. The van der Waals surface area contributed by atoms with Gasteiger partial charge in [-0.25, -0.2) is 0 Å². The van der Waals surface area contributed by atoms with Gasteiger partial charge < -0.3 is 16.5 Å². The minimum absolute atomic E-state index is 0.171. The van der Waals surface area contributed by atoms with Crippen LogP contribution >= 0.6 is 0 Å². The predicted molar refractivity (Wildman–Crippen MR) is 59.0 cm³/mol. The Balaban J connectivity index is 2.42. The Morgan fingerprint density at radius 2 is 2.20 bits per heavy atom. The first-order chi connectivity index (χ1) is 7.18. The zero-order valence-corrected chi connectivity index (χ0v) is 8.23. The van der Waals surface area contributed by atoms with Gasteiger partial charge in [-0.15, -0.1) is 0 Å². The molecule has 1 aromatic carbocycles. The highest BCUT2D eigenvalue weighted by molar-refractivity contribution is 5.84. The van der Waals surface area contributed by atoms with Gasteiger partial charge in [-0.1, -0.05) is 12.1 Å². The van der Waals surface area contributed by atoms with Crippen LogP contribution in [0, 0.1) is 0 Å². The molecule has 5 N–H and O–H groups in total. The van der Waals surface area contributed by atoms with Crippen molar-refractivity contribution in [2.75, 3.05) is 0 Å². The van der Waals surface area contributed by atoms with Gasteiger partial charge in [0.2, 0.25) is 5.91 Å². The topological polar surface area (TPSA) is 84.9 Å². The van der Waals surface area contributed by atoms with E-state index in [0.717, 1.165) is 16.5 Å². The molecule has 0 aliphatic carbocycles. The molecule has 1 amide bonds. The number of hydrogen-bond donors (Lipinski definition) is 3. The maximum Gasteiger partial charge on any atom is 0.219 e. The second kappa shape index (κ2) is 3.74. The summed E-state index contributed by atoms with van der Waals surface area (Å²) in [4.78, 5) is 13.9. The van der Waals surface area contributed by atoms with Crippen LogP contribution in [0.4, 0.5) is 0 Å². The van der Waals surface area contributed by atoms with Gasteiger partial charge in [-0.05, 0) is 17.7 Å². The summed E-state index contributed by atoms with van der Waals surface area (Å²) in [6.07, 6.45) is 2.02. The lowest BCUT2D eigenvalue weighted by Crippen LogP contribution is -2.20. The van der Waals surface area contributed by atoms with E-state index in [1.165, 1.54) is 0 Å². The van der Waals surface area contributed by atoms with Crippen LogP contribution in [0.3, 0.4) is 0 Å². The number of nitrogens with one attached hydrogen (secondary N) is 1. The Bertz CT molecular complexity index is 489. The number of fused-ring (bicyclic) bond motifs is 1. The maximum absolute atomic E-state index is 10.8. The first kappa shape index (κ1) is 9.73. The summed E-state index contributed by atoms with van der Waals surface area (Å²) in [5, 5.41) is 1.05. The molecule has 1 unspecified atom stereocenters. The number of rotatable bonds is 3. The minimum atomic E-state index is -0.380. The van der Waals surface area contributed by atoms with Crippen LogP contribution in [0.5, 0.6) is 0 Å². The van der Waals surface area contributed by atoms with Gasteiger partial charge in [0.25, 0.3) is 0 Å². The van der Waals surface area contributed by atoms with Gasteiger partial charge in [-0.3, -0.25) is 4.79 Å². The lowest BCUT2D eigenvalue weighted by molar-refractivity contribution is -0.118. The highest BCUT2D eigenvalue weighted by Crippen LogP contribution is 2.23. The van der Waals surface area contributed by atoms with Crippen molar-refractivity contribution in [3.05, 3.63) is 36.0 Å². The molecule has 0 aliphatic heterocycles. The molecule has 0 aliphatic rings. The monoisotopic (exact) mass is 203 g/mol. The fourth-order valence-corrected chi connectivity index (χ4v) is 1.76. The van der Waals surface area contributed by atoms with Crippen LogP contribution in [0.15, 0.2) is 30.5 Å². The largest absolute Gasteiger partial charge is 0.370 e. The number of benzene rings is 1. The van der Waals surface area contributed by atoms with Crippen LogP contribution < -0.4 is 11.5 Å². The zero-order valence-electron chi connectivity index (χ0n) is 8.23. The molecular formula is C11H13N3O. The van der Waals surface area contributed by atoms with E-state index in [0.29, 0.717) is 0 Å². The van der Waals surface area contributed by atoms with E-state index in [1.54, 1.807) is 0 Å². The average Bonchev–Trinajstić information content (AvgIpc) is 2.63. The Morgan fingerprint density at radius 3 is 2.93 bits per heavy atom. The molecule has 0 radical (unpaired) electrons. The first-order valence-electron chi connectivity index (χ1n) is 4.78. The molecular weight excluding hydrogens is 190 g/mol. The molecule has 15 heavy (non-hydrogen) atoms. The van der Waals surface area contributed by atoms with Gasteiger partial charge in [0.05, 0.1) is 0 Å². The van der Waals surface area contributed by atoms with E-state index < -0.39 is 0 Å². The summed E-state index contributed by atoms with van der Waals surface area (Å²) in [5.74, 6) is -0.380. The smallest absolute Gasteiger partial charge is 0.219 e. The van der Waals surface area contributed by atoms with Gasteiger partial charge in [0, 0.05) is 29.6 Å². The number of aromatic nitrogens is 1. The average molecular weight is 203 g/mol. The van der Waals surface area contributed by atoms with Gasteiger partial charge in [-0.2, -0.15) is 0 Å². The Hall–Kier alpha value is -1.81. The fourth-order valence-electron chi connectivity index (χ4n) is 1.76. The second-order valence-corrected chi connectivity index (χ2v) is 3.56. The number of hydrogen-bond acceptors (Lipinski definition) is 2. The molecule has 0 fully saturated rings. The summed E-state index contributed by atoms with van der Waals surface area (Å²) in [6.45, 7) is 0. The third-order valence-corrected chi connectivity index (χ3v) is 2.45. The highest BCUT2D eigenvalue weighted by atomic mass is 16.1. The second-order valence-electron chi connectivity index (χ2n) is 3.56. The molecule has 0 saturated heterocycles. The van der Waals surface area contributed by atoms with E-state index >= 15 is 0 Å². The number of primary amides is 1. The normalized spacial score (nSPS) is 12.9. The molecule has 2 rings (SSSR count). The molecule has 1 aromatic heterocycles. The van der Waals surface area contributed by atoms with Crippen molar-refractivity contribution < 1.29 is 4.79 Å². The Labute approximate surface area is 87.3 Å². The standard InChI is InChI=1S/C11H13N3O/c12-9(6-11(13)15)7-2-1-3-10-8(7)4-5-14-10/h1-5,9,14H,6,12H2,(H2,13,15). The van der Waals surface area contributed by atoms with E-state index in [9.17, 15) is 4.79 Å².